The summed E-state index contributed by atoms with van der Waals surface area (Å²) < 4.78 is 2.24. The van der Waals surface area contributed by atoms with Crippen LogP contribution in [0.5, 0.6) is 0 Å². The quantitative estimate of drug-likeness (QED) is 0.260. The number of aromatic nitrogens is 3. The molecule has 7 nitrogen and oxygen atoms in total. The topological polar surface area (TPSA) is 71.3 Å². The van der Waals surface area contributed by atoms with E-state index in [4.69, 9.17) is 16.6 Å². The third kappa shape index (κ3) is 4.93. The van der Waals surface area contributed by atoms with Crippen LogP contribution in [0, 0.1) is 0 Å². The van der Waals surface area contributed by atoms with E-state index in [0.717, 1.165) is 26.6 Å². The molecule has 0 aliphatic carbocycles. The molecule has 3 heterocycles. The Morgan fingerprint density at radius 1 is 0.872 bits per heavy atom. The average Bonchev–Trinajstić information content (AvgIpc) is 2.98. The summed E-state index contributed by atoms with van der Waals surface area (Å²) in [4.78, 5) is 35.4. The Kier molecular flexibility index (Phi) is 6.89. The lowest BCUT2D eigenvalue weighted by molar-refractivity contribution is 0.0748. The van der Waals surface area contributed by atoms with Crippen LogP contribution in [-0.4, -0.2) is 51.8 Å². The number of hydrogen-bond acceptors (Lipinski definition) is 5. The summed E-state index contributed by atoms with van der Waals surface area (Å²) in [5, 5.41) is 5.29. The number of para-hydroxylation sites is 2. The Morgan fingerprint density at radius 3 is 2.38 bits per heavy atom. The molecule has 1 amide bonds. The van der Waals surface area contributed by atoms with E-state index in [1.54, 1.807) is 18.3 Å². The first kappa shape index (κ1) is 25.3. The van der Waals surface area contributed by atoms with Gasteiger partial charge in [0, 0.05) is 41.6 Å². The molecule has 0 N–H and O–H groups in total. The van der Waals surface area contributed by atoms with Crippen molar-refractivity contribution < 1.29 is 4.79 Å². The maximum absolute atomic E-state index is 13.8. The molecule has 9 heteroatoms. The molecule has 0 spiro atoms. The Labute approximate surface area is 238 Å². The Balaban J connectivity index is 1.25. The van der Waals surface area contributed by atoms with E-state index in [-0.39, 0.29) is 16.5 Å². The molecule has 6 rings (SSSR count). The lowest BCUT2D eigenvalue weighted by Crippen LogP contribution is -2.49. The number of piperazine rings is 1. The fourth-order valence-electron chi connectivity index (χ4n) is 4.87. The number of rotatable bonds is 4. The number of hydrogen-bond donors (Lipinski definition) is 0. The van der Waals surface area contributed by atoms with Crippen LogP contribution in [0.3, 0.4) is 0 Å². The highest BCUT2D eigenvalue weighted by Crippen LogP contribution is 2.29. The number of carbonyl (C=O) groups is 1. The summed E-state index contributed by atoms with van der Waals surface area (Å²) in [6, 6.07) is 26.7. The van der Waals surface area contributed by atoms with Crippen LogP contribution < -0.4 is 10.5 Å². The molecule has 1 aliphatic rings. The van der Waals surface area contributed by atoms with Gasteiger partial charge in [-0.05, 0) is 36.4 Å². The van der Waals surface area contributed by atoms with Crippen molar-refractivity contribution in [1.82, 2.24) is 19.7 Å². The molecule has 39 heavy (non-hydrogen) atoms. The van der Waals surface area contributed by atoms with Crippen LogP contribution in [-0.2, 0) is 0 Å². The van der Waals surface area contributed by atoms with Crippen molar-refractivity contribution in [1.29, 1.82) is 0 Å². The highest BCUT2D eigenvalue weighted by atomic mass is 79.9. The smallest absolute Gasteiger partial charge is 0.292 e. The van der Waals surface area contributed by atoms with Crippen molar-refractivity contribution >= 4 is 50.0 Å². The lowest BCUT2D eigenvalue weighted by atomic mass is 10.0. The van der Waals surface area contributed by atoms with Crippen molar-refractivity contribution in [3.05, 3.63) is 117 Å². The summed E-state index contributed by atoms with van der Waals surface area (Å²) in [7, 11) is 0. The zero-order chi connectivity index (χ0) is 26.9. The molecule has 0 radical (unpaired) electrons. The van der Waals surface area contributed by atoms with Gasteiger partial charge in [0.15, 0.2) is 0 Å². The van der Waals surface area contributed by atoms with Gasteiger partial charge in [0.1, 0.15) is 5.02 Å². The van der Waals surface area contributed by atoms with Crippen molar-refractivity contribution in [2.45, 2.75) is 0 Å². The minimum absolute atomic E-state index is 0.0480. The molecule has 3 aromatic carbocycles. The van der Waals surface area contributed by atoms with Crippen LogP contribution >= 0.6 is 27.5 Å². The lowest BCUT2D eigenvalue weighted by Gasteiger charge is -2.36. The second kappa shape index (κ2) is 10.6. The van der Waals surface area contributed by atoms with E-state index in [1.165, 1.54) is 4.68 Å². The van der Waals surface area contributed by atoms with E-state index in [0.29, 0.717) is 43.1 Å². The second-order valence-electron chi connectivity index (χ2n) is 9.26. The molecular formula is C30H23BrClN5O2. The van der Waals surface area contributed by atoms with Gasteiger partial charge in [-0.3, -0.25) is 9.59 Å². The number of pyridine rings is 1. The standard InChI is InChI=1S/C30H23BrClN5O2/c31-21-8-6-7-20(17-21)26-18-24(23-11-4-5-12-25(23)34-26)29(38)36-15-13-35(14-16-36)27-19-33-37(30(39)28(27)32)22-9-2-1-3-10-22/h1-12,17-19H,13-16H2. The van der Waals surface area contributed by atoms with Gasteiger partial charge in [-0.15, -0.1) is 0 Å². The Hall–Kier alpha value is -4.01. The third-order valence-corrected chi connectivity index (χ3v) is 7.72. The predicted octanol–water partition coefficient (Wildman–Crippen LogP) is 5.83. The summed E-state index contributed by atoms with van der Waals surface area (Å²) >= 11 is 10.0. The van der Waals surface area contributed by atoms with E-state index < -0.39 is 0 Å². The van der Waals surface area contributed by atoms with Gasteiger partial charge in [-0.2, -0.15) is 9.78 Å². The van der Waals surface area contributed by atoms with Gasteiger partial charge in [-0.25, -0.2) is 4.98 Å². The average molecular weight is 601 g/mol. The van der Waals surface area contributed by atoms with Crippen LogP contribution in [0.4, 0.5) is 5.69 Å². The molecule has 0 saturated carbocycles. The van der Waals surface area contributed by atoms with Crippen molar-refractivity contribution in [3.63, 3.8) is 0 Å². The number of carbonyl (C=O) groups excluding carboxylic acids is 1. The molecule has 1 aliphatic heterocycles. The highest BCUT2D eigenvalue weighted by Gasteiger charge is 2.26. The summed E-state index contributed by atoms with van der Waals surface area (Å²) in [6.07, 6.45) is 1.62. The summed E-state index contributed by atoms with van der Waals surface area (Å²) in [5.41, 5.74) is 3.92. The van der Waals surface area contributed by atoms with Crippen LogP contribution in [0.15, 0.2) is 100 Å². The third-order valence-electron chi connectivity index (χ3n) is 6.88. The first-order valence-corrected chi connectivity index (χ1v) is 13.7. The molecular weight excluding hydrogens is 578 g/mol. The fraction of sp³-hybridized carbons (Fsp3) is 0.133. The number of halogens is 2. The molecule has 1 saturated heterocycles. The molecule has 2 aromatic heterocycles. The summed E-state index contributed by atoms with van der Waals surface area (Å²) in [5.74, 6) is -0.0480. The number of nitrogens with zero attached hydrogens (tertiary/aromatic N) is 5. The van der Waals surface area contributed by atoms with E-state index in [9.17, 15) is 9.59 Å². The molecule has 0 unspecified atom stereocenters. The van der Waals surface area contributed by atoms with Gasteiger partial charge in [0.25, 0.3) is 11.5 Å². The van der Waals surface area contributed by atoms with Gasteiger partial charge >= 0.3 is 0 Å². The number of fused-ring (bicyclic) bond motifs is 1. The highest BCUT2D eigenvalue weighted by molar-refractivity contribution is 9.10. The Bertz CT molecular complexity index is 1750. The second-order valence-corrected chi connectivity index (χ2v) is 10.6. The maximum Gasteiger partial charge on any atom is 0.292 e. The van der Waals surface area contributed by atoms with Gasteiger partial charge in [0.05, 0.1) is 34.3 Å². The van der Waals surface area contributed by atoms with E-state index in [1.807, 2.05) is 82.6 Å². The van der Waals surface area contributed by atoms with Gasteiger partial charge < -0.3 is 9.80 Å². The van der Waals surface area contributed by atoms with Crippen molar-refractivity contribution in [3.8, 4) is 16.9 Å². The first-order chi connectivity index (χ1) is 19.0. The zero-order valence-corrected chi connectivity index (χ0v) is 23.1. The van der Waals surface area contributed by atoms with Crippen LogP contribution in [0.2, 0.25) is 5.02 Å². The van der Waals surface area contributed by atoms with Crippen LogP contribution in [0.25, 0.3) is 27.8 Å². The molecule has 1 fully saturated rings. The molecule has 0 atom stereocenters. The molecule has 0 bridgehead atoms. The largest absolute Gasteiger partial charge is 0.365 e. The van der Waals surface area contributed by atoms with Gasteiger partial charge in [-0.1, -0.05) is 76.1 Å². The minimum atomic E-state index is -0.373. The normalized spacial score (nSPS) is 13.6. The monoisotopic (exact) mass is 599 g/mol. The maximum atomic E-state index is 13.8. The van der Waals surface area contributed by atoms with Crippen molar-refractivity contribution in [2.24, 2.45) is 0 Å². The minimum Gasteiger partial charge on any atom is -0.365 e. The first-order valence-electron chi connectivity index (χ1n) is 12.5. The van der Waals surface area contributed by atoms with Crippen molar-refractivity contribution in [2.75, 3.05) is 31.1 Å². The van der Waals surface area contributed by atoms with E-state index >= 15 is 0 Å². The van der Waals surface area contributed by atoms with Crippen LogP contribution in [0.1, 0.15) is 10.4 Å². The summed E-state index contributed by atoms with van der Waals surface area (Å²) in [6.45, 7) is 2.03. The molecule has 5 aromatic rings. The predicted molar refractivity (Wildman–Crippen MR) is 158 cm³/mol. The fourth-order valence-corrected chi connectivity index (χ4v) is 5.51. The number of benzene rings is 3. The molecule has 194 valence electrons. The SMILES string of the molecule is O=C(c1cc(-c2cccc(Br)c2)nc2ccccc12)N1CCN(c2cnn(-c3ccccc3)c(=O)c2Cl)CC1. The van der Waals surface area contributed by atoms with Gasteiger partial charge in [0.2, 0.25) is 0 Å². The zero-order valence-electron chi connectivity index (χ0n) is 20.8. The van der Waals surface area contributed by atoms with E-state index in [2.05, 4.69) is 21.0 Å². The number of anilines is 1. The number of amides is 1. The Morgan fingerprint density at radius 2 is 1.62 bits per heavy atom.